The van der Waals surface area contributed by atoms with Gasteiger partial charge >= 0.3 is 0 Å². The minimum Gasteiger partial charge on any atom is -0.497 e. The zero-order valence-electron chi connectivity index (χ0n) is 17.9. The van der Waals surface area contributed by atoms with Crippen molar-refractivity contribution in [3.8, 4) is 5.75 Å². The molecule has 0 heterocycles. The number of hydrogen-bond acceptors (Lipinski definition) is 4. The summed E-state index contributed by atoms with van der Waals surface area (Å²) in [7, 11) is -2.29. The number of methoxy groups -OCH3 is 1. The molecule has 0 saturated carbocycles. The van der Waals surface area contributed by atoms with E-state index in [1.807, 2.05) is 13.8 Å². The van der Waals surface area contributed by atoms with Crippen molar-refractivity contribution < 1.29 is 17.9 Å². The van der Waals surface area contributed by atoms with E-state index in [0.29, 0.717) is 17.0 Å². The molecule has 6 nitrogen and oxygen atoms in total. The maximum Gasteiger partial charge on any atom is 0.261 e. The van der Waals surface area contributed by atoms with Gasteiger partial charge < -0.3 is 10.1 Å². The molecule has 2 rings (SSSR count). The lowest BCUT2D eigenvalue weighted by atomic mass is 9.81. The summed E-state index contributed by atoms with van der Waals surface area (Å²) in [5.41, 5.74) is 0.326. The summed E-state index contributed by atoms with van der Waals surface area (Å²) in [4.78, 5) is 12.7. The van der Waals surface area contributed by atoms with Crippen LogP contribution >= 0.6 is 0 Å². The maximum absolute atomic E-state index is 12.7. The Morgan fingerprint density at radius 2 is 1.62 bits per heavy atom. The minimum absolute atomic E-state index is 0.0228. The number of amides is 1. The third-order valence-corrected chi connectivity index (χ3v) is 5.55. The summed E-state index contributed by atoms with van der Waals surface area (Å²) < 4.78 is 33.0. The van der Waals surface area contributed by atoms with Crippen molar-refractivity contribution in [2.75, 3.05) is 11.8 Å². The summed E-state index contributed by atoms with van der Waals surface area (Å²) in [6, 6.07) is 12.6. The second kappa shape index (κ2) is 8.45. The molecule has 7 heteroatoms. The van der Waals surface area contributed by atoms with Gasteiger partial charge in [0.25, 0.3) is 15.9 Å². The number of carbonyl (C=O) groups excluding carboxylic acids is 1. The summed E-state index contributed by atoms with van der Waals surface area (Å²) in [6.45, 7) is 10.3. The molecule has 0 spiro atoms. The van der Waals surface area contributed by atoms with Crippen LogP contribution in [0.4, 0.5) is 5.69 Å². The molecule has 0 saturated heterocycles. The van der Waals surface area contributed by atoms with Gasteiger partial charge in [-0.1, -0.05) is 26.8 Å². The lowest BCUT2D eigenvalue weighted by Gasteiger charge is -2.33. The molecule has 2 N–H and O–H groups in total. The van der Waals surface area contributed by atoms with Crippen LogP contribution in [-0.4, -0.2) is 27.0 Å². The Balaban J connectivity index is 2.19. The van der Waals surface area contributed by atoms with Crippen molar-refractivity contribution in [1.82, 2.24) is 5.32 Å². The Hall–Kier alpha value is -2.54. The van der Waals surface area contributed by atoms with Gasteiger partial charge in [-0.05, 0) is 68.1 Å². The van der Waals surface area contributed by atoms with Crippen LogP contribution in [0.1, 0.15) is 51.4 Å². The monoisotopic (exact) mass is 418 g/mol. The van der Waals surface area contributed by atoms with Crippen LogP contribution in [0.3, 0.4) is 0 Å². The highest BCUT2D eigenvalue weighted by atomic mass is 32.2. The van der Waals surface area contributed by atoms with Crippen LogP contribution in [-0.2, 0) is 10.0 Å². The van der Waals surface area contributed by atoms with Crippen LogP contribution in [0.2, 0.25) is 0 Å². The Morgan fingerprint density at radius 1 is 1.00 bits per heavy atom. The first-order valence-electron chi connectivity index (χ1n) is 9.41. The summed E-state index contributed by atoms with van der Waals surface area (Å²) in [6.07, 6.45) is 0.781. The molecule has 2 aromatic carbocycles. The van der Waals surface area contributed by atoms with Gasteiger partial charge in [-0.15, -0.1) is 0 Å². The fourth-order valence-corrected chi connectivity index (χ4v) is 4.53. The van der Waals surface area contributed by atoms with E-state index in [9.17, 15) is 13.2 Å². The first-order chi connectivity index (χ1) is 13.3. The van der Waals surface area contributed by atoms with E-state index in [-0.39, 0.29) is 16.2 Å². The number of benzene rings is 2. The SMILES string of the molecule is COc1ccc(NS(=O)(=O)c2cccc(C(=O)NC(C)(C)CC(C)(C)C)c2)cc1. The Labute approximate surface area is 173 Å². The second-order valence-electron chi connectivity index (χ2n) is 8.94. The number of hydrogen-bond donors (Lipinski definition) is 2. The molecule has 0 bridgehead atoms. The number of anilines is 1. The van der Waals surface area contributed by atoms with E-state index in [4.69, 9.17) is 4.74 Å². The first kappa shape index (κ1) is 22.7. The number of ether oxygens (including phenoxy) is 1. The summed E-state index contributed by atoms with van der Waals surface area (Å²) >= 11 is 0. The Morgan fingerprint density at radius 3 is 2.17 bits per heavy atom. The van der Waals surface area contributed by atoms with Gasteiger partial charge in [-0.2, -0.15) is 0 Å². The van der Waals surface area contributed by atoms with Crippen LogP contribution in [0.5, 0.6) is 5.75 Å². The average Bonchev–Trinajstić information content (AvgIpc) is 2.59. The van der Waals surface area contributed by atoms with Crippen molar-refractivity contribution in [3.05, 3.63) is 54.1 Å². The smallest absolute Gasteiger partial charge is 0.261 e. The second-order valence-corrected chi connectivity index (χ2v) is 10.6. The molecule has 0 aliphatic rings. The Kier molecular flexibility index (Phi) is 6.63. The van der Waals surface area contributed by atoms with Gasteiger partial charge in [-0.25, -0.2) is 8.42 Å². The van der Waals surface area contributed by atoms with Gasteiger partial charge in [0, 0.05) is 16.8 Å². The third kappa shape index (κ3) is 6.78. The molecular formula is C22H30N2O4S. The quantitative estimate of drug-likeness (QED) is 0.696. The van der Waals surface area contributed by atoms with E-state index in [1.165, 1.54) is 12.1 Å². The molecule has 0 fully saturated rings. The molecule has 1 amide bonds. The van der Waals surface area contributed by atoms with E-state index < -0.39 is 15.6 Å². The molecule has 2 aromatic rings. The topological polar surface area (TPSA) is 84.5 Å². The van der Waals surface area contributed by atoms with Crippen molar-refractivity contribution in [2.24, 2.45) is 5.41 Å². The van der Waals surface area contributed by atoms with Gasteiger partial charge in [-0.3, -0.25) is 9.52 Å². The van der Waals surface area contributed by atoms with Gasteiger partial charge in [0.15, 0.2) is 0 Å². The minimum atomic E-state index is -3.83. The van der Waals surface area contributed by atoms with E-state index >= 15 is 0 Å². The molecule has 0 atom stereocenters. The van der Waals surface area contributed by atoms with Crippen molar-refractivity contribution in [1.29, 1.82) is 0 Å². The molecule has 0 aliphatic carbocycles. The highest BCUT2D eigenvalue weighted by Crippen LogP contribution is 2.27. The van der Waals surface area contributed by atoms with E-state index in [1.54, 1.807) is 43.5 Å². The molecule has 29 heavy (non-hydrogen) atoms. The normalized spacial score (nSPS) is 12.3. The van der Waals surface area contributed by atoms with Crippen molar-refractivity contribution in [3.63, 3.8) is 0 Å². The first-order valence-corrected chi connectivity index (χ1v) is 10.9. The third-order valence-electron chi connectivity index (χ3n) is 4.17. The molecule has 158 valence electrons. The van der Waals surface area contributed by atoms with E-state index in [2.05, 4.69) is 30.8 Å². The lowest BCUT2D eigenvalue weighted by molar-refractivity contribution is 0.0891. The number of sulfonamides is 1. The van der Waals surface area contributed by atoms with Crippen molar-refractivity contribution >= 4 is 21.6 Å². The van der Waals surface area contributed by atoms with Crippen LogP contribution < -0.4 is 14.8 Å². The Bertz CT molecular complexity index is 959. The fourth-order valence-electron chi connectivity index (χ4n) is 3.43. The highest BCUT2D eigenvalue weighted by Gasteiger charge is 2.27. The zero-order chi connectivity index (χ0) is 21.9. The predicted molar refractivity (Wildman–Crippen MR) is 116 cm³/mol. The van der Waals surface area contributed by atoms with Crippen LogP contribution in [0.15, 0.2) is 53.4 Å². The molecular weight excluding hydrogens is 388 g/mol. The average molecular weight is 419 g/mol. The highest BCUT2D eigenvalue weighted by molar-refractivity contribution is 7.92. The standard InChI is InChI=1S/C22H30N2O4S/c1-21(2,3)15-22(4,5)23-20(25)16-8-7-9-19(14-16)29(26,27)24-17-10-12-18(28-6)13-11-17/h7-14,24H,15H2,1-6H3,(H,23,25). The molecule has 0 aromatic heterocycles. The van der Waals surface area contributed by atoms with Crippen molar-refractivity contribution in [2.45, 2.75) is 51.5 Å². The lowest BCUT2D eigenvalue weighted by Crippen LogP contribution is -2.45. The molecule has 0 aliphatic heterocycles. The largest absolute Gasteiger partial charge is 0.497 e. The predicted octanol–water partition coefficient (Wildman–Crippen LogP) is 4.44. The van der Waals surface area contributed by atoms with Crippen LogP contribution in [0, 0.1) is 5.41 Å². The van der Waals surface area contributed by atoms with Gasteiger partial charge in [0.1, 0.15) is 5.75 Å². The summed E-state index contributed by atoms with van der Waals surface area (Å²) in [5, 5.41) is 3.00. The maximum atomic E-state index is 12.7. The zero-order valence-corrected chi connectivity index (χ0v) is 18.7. The fraction of sp³-hybridized carbons (Fsp3) is 0.409. The number of rotatable bonds is 7. The summed E-state index contributed by atoms with van der Waals surface area (Å²) in [5.74, 6) is 0.324. The molecule has 0 unspecified atom stereocenters. The number of nitrogens with one attached hydrogen (secondary N) is 2. The van der Waals surface area contributed by atoms with Gasteiger partial charge in [0.05, 0.1) is 12.0 Å². The number of carbonyl (C=O) groups is 1. The van der Waals surface area contributed by atoms with E-state index in [0.717, 1.165) is 6.42 Å². The molecule has 0 radical (unpaired) electrons. The van der Waals surface area contributed by atoms with Gasteiger partial charge in [0.2, 0.25) is 0 Å². The van der Waals surface area contributed by atoms with Crippen LogP contribution in [0.25, 0.3) is 0 Å².